The predicted molar refractivity (Wildman–Crippen MR) is 74.5 cm³/mol. The van der Waals surface area contributed by atoms with E-state index in [1.165, 1.54) is 0 Å². The van der Waals surface area contributed by atoms with E-state index in [2.05, 4.69) is 21.2 Å². The molecule has 0 saturated carbocycles. The summed E-state index contributed by atoms with van der Waals surface area (Å²) in [5, 5.41) is 2.85. The number of ether oxygens (including phenoxy) is 2. The van der Waals surface area contributed by atoms with Crippen LogP contribution in [0.5, 0.6) is 11.5 Å². The van der Waals surface area contributed by atoms with Gasteiger partial charge in [0.05, 0.1) is 11.0 Å². The van der Waals surface area contributed by atoms with E-state index in [0.29, 0.717) is 42.4 Å². The van der Waals surface area contributed by atoms with Gasteiger partial charge in [-0.1, -0.05) is 22.9 Å². The zero-order valence-electron chi connectivity index (χ0n) is 10.5. The summed E-state index contributed by atoms with van der Waals surface area (Å²) in [6.45, 7) is 2.69. The smallest absolute Gasteiger partial charge is 0.235 e. The fourth-order valence-corrected chi connectivity index (χ4v) is 1.94. The van der Waals surface area contributed by atoms with E-state index in [-0.39, 0.29) is 17.0 Å². The summed E-state index contributed by atoms with van der Waals surface area (Å²) < 4.78 is 10.9. The number of carbonyl (C=O) groups excluding carboxylic acids is 2. The molecule has 0 bridgehead atoms. The van der Waals surface area contributed by atoms with Crippen molar-refractivity contribution in [2.75, 3.05) is 23.9 Å². The first-order valence-corrected chi connectivity index (χ1v) is 7.10. The summed E-state index contributed by atoms with van der Waals surface area (Å²) in [7, 11) is 0. The maximum Gasteiger partial charge on any atom is 0.235 e. The van der Waals surface area contributed by atoms with Gasteiger partial charge in [0, 0.05) is 18.1 Å². The Hall–Kier alpha value is -1.56. The fourth-order valence-electron chi connectivity index (χ4n) is 1.80. The van der Waals surface area contributed by atoms with Gasteiger partial charge in [0.2, 0.25) is 5.91 Å². The van der Waals surface area contributed by atoms with Crippen LogP contribution in [0, 0.1) is 0 Å². The molecule has 1 heterocycles. The number of carbonyl (C=O) groups is 2. The molecule has 0 fully saturated rings. The number of halogens is 1. The molecule has 0 aromatic heterocycles. The standard InChI is InChI=1S/C13H14BrNO4/c1-2-10(16)8-5-11-12(19-4-3-18-11)6-9(8)15-13(17)7-14/h5-6H,2-4,7H2,1H3,(H,15,17). The van der Waals surface area contributed by atoms with Crippen molar-refractivity contribution in [1.29, 1.82) is 0 Å². The molecular formula is C13H14BrNO4. The van der Waals surface area contributed by atoms with Crippen molar-refractivity contribution in [1.82, 2.24) is 0 Å². The lowest BCUT2D eigenvalue weighted by molar-refractivity contribution is -0.113. The molecule has 0 unspecified atom stereocenters. The van der Waals surface area contributed by atoms with E-state index in [9.17, 15) is 9.59 Å². The lowest BCUT2D eigenvalue weighted by atomic mass is 10.1. The van der Waals surface area contributed by atoms with Crippen molar-refractivity contribution < 1.29 is 19.1 Å². The van der Waals surface area contributed by atoms with Gasteiger partial charge in [-0.2, -0.15) is 0 Å². The molecule has 1 amide bonds. The summed E-state index contributed by atoms with van der Waals surface area (Å²) in [6, 6.07) is 3.27. The number of alkyl halides is 1. The van der Waals surface area contributed by atoms with Gasteiger partial charge in [-0.3, -0.25) is 9.59 Å². The van der Waals surface area contributed by atoms with Crippen molar-refractivity contribution in [2.45, 2.75) is 13.3 Å². The second-order valence-corrected chi connectivity index (χ2v) is 4.56. The van der Waals surface area contributed by atoms with E-state index in [1.54, 1.807) is 19.1 Å². The first kappa shape index (κ1) is 13.9. The summed E-state index contributed by atoms with van der Waals surface area (Å²) in [5.41, 5.74) is 0.904. The highest BCUT2D eigenvalue weighted by molar-refractivity contribution is 9.09. The van der Waals surface area contributed by atoms with Crippen molar-refractivity contribution in [3.63, 3.8) is 0 Å². The highest BCUT2D eigenvalue weighted by atomic mass is 79.9. The topological polar surface area (TPSA) is 64.6 Å². The van der Waals surface area contributed by atoms with Gasteiger partial charge in [0.15, 0.2) is 17.3 Å². The van der Waals surface area contributed by atoms with Crippen LogP contribution in [0.3, 0.4) is 0 Å². The molecule has 1 aromatic rings. The number of hydrogen-bond acceptors (Lipinski definition) is 4. The number of anilines is 1. The minimum absolute atomic E-state index is 0.0538. The van der Waals surface area contributed by atoms with E-state index in [0.717, 1.165) is 0 Å². The molecule has 0 aliphatic carbocycles. The largest absolute Gasteiger partial charge is 0.486 e. The van der Waals surface area contributed by atoms with Crippen LogP contribution in [0.25, 0.3) is 0 Å². The summed E-state index contributed by atoms with van der Waals surface area (Å²) >= 11 is 3.07. The van der Waals surface area contributed by atoms with Gasteiger partial charge in [-0.05, 0) is 6.07 Å². The van der Waals surface area contributed by atoms with Crippen LogP contribution in [0.1, 0.15) is 23.7 Å². The Morgan fingerprint density at radius 3 is 2.47 bits per heavy atom. The molecule has 1 aliphatic heterocycles. The molecule has 0 atom stereocenters. The molecule has 0 spiro atoms. The first-order valence-electron chi connectivity index (χ1n) is 5.98. The number of ketones is 1. The Balaban J connectivity index is 2.42. The molecule has 1 aromatic carbocycles. The van der Waals surface area contributed by atoms with Gasteiger partial charge in [-0.15, -0.1) is 0 Å². The van der Waals surface area contributed by atoms with Crippen molar-refractivity contribution >= 4 is 33.3 Å². The third-order valence-corrected chi connectivity index (χ3v) is 3.21. The Kier molecular flexibility index (Phi) is 4.42. The third-order valence-electron chi connectivity index (χ3n) is 2.70. The molecule has 0 saturated heterocycles. The Morgan fingerprint density at radius 1 is 1.26 bits per heavy atom. The van der Waals surface area contributed by atoms with Crippen LogP contribution in [0.2, 0.25) is 0 Å². The SMILES string of the molecule is CCC(=O)c1cc2c(cc1NC(=O)CBr)OCCO2. The van der Waals surface area contributed by atoms with Crippen LogP contribution in [0.4, 0.5) is 5.69 Å². The second kappa shape index (κ2) is 6.06. The van der Waals surface area contributed by atoms with Crippen LogP contribution in [0.15, 0.2) is 12.1 Å². The van der Waals surface area contributed by atoms with Crippen LogP contribution >= 0.6 is 15.9 Å². The van der Waals surface area contributed by atoms with Gasteiger partial charge in [0.1, 0.15) is 13.2 Å². The van der Waals surface area contributed by atoms with Crippen LogP contribution in [-0.4, -0.2) is 30.2 Å². The molecular weight excluding hydrogens is 314 g/mol. The molecule has 1 N–H and O–H groups in total. The maximum atomic E-state index is 11.9. The maximum absolute atomic E-state index is 11.9. The molecule has 5 nitrogen and oxygen atoms in total. The molecule has 102 valence electrons. The zero-order chi connectivity index (χ0) is 13.8. The van der Waals surface area contributed by atoms with E-state index < -0.39 is 0 Å². The Labute approximate surface area is 119 Å². The summed E-state index contributed by atoms with van der Waals surface area (Å²) in [6.07, 6.45) is 0.358. The molecule has 1 aliphatic rings. The Morgan fingerprint density at radius 2 is 1.89 bits per heavy atom. The number of benzene rings is 1. The van der Waals surface area contributed by atoms with E-state index in [1.807, 2.05) is 0 Å². The van der Waals surface area contributed by atoms with Crippen molar-refractivity contribution in [2.24, 2.45) is 0 Å². The number of hydrogen-bond donors (Lipinski definition) is 1. The quantitative estimate of drug-likeness (QED) is 0.681. The lowest BCUT2D eigenvalue weighted by Gasteiger charge is -2.21. The number of nitrogens with one attached hydrogen (secondary N) is 1. The molecule has 19 heavy (non-hydrogen) atoms. The highest BCUT2D eigenvalue weighted by Crippen LogP contribution is 2.36. The second-order valence-electron chi connectivity index (χ2n) is 4.00. The Bertz CT molecular complexity index is 516. The average Bonchev–Trinajstić information content (AvgIpc) is 2.45. The molecule has 6 heteroatoms. The van der Waals surface area contributed by atoms with Crippen molar-refractivity contribution in [3.05, 3.63) is 17.7 Å². The number of rotatable bonds is 4. The summed E-state index contributed by atoms with van der Waals surface area (Å²) in [4.78, 5) is 23.4. The van der Waals surface area contributed by atoms with Gasteiger partial charge < -0.3 is 14.8 Å². The molecule has 0 radical (unpaired) electrons. The first-order chi connectivity index (χ1) is 9.15. The number of amides is 1. The predicted octanol–water partition coefficient (Wildman–Crippen LogP) is 2.38. The fraction of sp³-hybridized carbons (Fsp3) is 0.385. The minimum Gasteiger partial charge on any atom is -0.486 e. The number of fused-ring (bicyclic) bond motifs is 1. The molecule has 2 rings (SSSR count). The lowest BCUT2D eigenvalue weighted by Crippen LogP contribution is -2.19. The zero-order valence-corrected chi connectivity index (χ0v) is 12.1. The third kappa shape index (κ3) is 3.07. The minimum atomic E-state index is -0.221. The monoisotopic (exact) mass is 327 g/mol. The summed E-state index contributed by atoms with van der Waals surface area (Å²) in [5.74, 6) is 0.812. The highest BCUT2D eigenvalue weighted by Gasteiger charge is 2.19. The van der Waals surface area contributed by atoms with Gasteiger partial charge in [0.25, 0.3) is 0 Å². The van der Waals surface area contributed by atoms with E-state index >= 15 is 0 Å². The van der Waals surface area contributed by atoms with Crippen molar-refractivity contribution in [3.8, 4) is 11.5 Å². The number of Topliss-reactive ketones (excluding diaryl/α,β-unsaturated/α-hetero) is 1. The van der Waals surface area contributed by atoms with Gasteiger partial charge in [-0.25, -0.2) is 0 Å². The average molecular weight is 328 g/mol. The van der Waals surface area contributed by atoms with Crippen LogP contribution in [-0.2, 0) is 4.79 Å². The van der Waals surface area contributed by atoms with Crippen LogP contribution < -0.4 is 14.8 Å². The van der Waals surface area contributed by atoms with Gasteiger partial charge >= 0.3 is 0 Å². The van der Waals surface area contributed by atoms with E-state index in [4.69, 9.17) is 9.47 Å². The normalized spacial score (nSPS) is 12.9.